The van der Waals surface area contributed by atoms with Crippen LogP contribution in [-0.4, -0.2) is 25.8 Å². The molecule has 148 valence electrons. The molecule has 1 amide bonds. The molecule has 3 rings (SSSR count). The van der Waals surface area contributed by atoms with Gasteiger partial charge in [-0.15, -0.1) is 10.2 Å². The quantitative estimate of drug-likeness (QED) is 0.489. The second-order valence-corrected chi connectivity index (χ2v) is 8.18. The van der Waals surface area contributed by atoms with Crippen LogP contribution in [0.5, 0.6) is 0 Å². The van der Waals surface area contributed by atoms with E-state index in [-0.39, 0.29) is 26.5 Å². The summed E-state index contributed by atoms with van der Waals surface area (Å²) in [7, 11) is 0. The van der Waals surface area contributed by atoms with E-state index in [1.165, 1.54) is 22.6 Å². The lowest BCUT2D eigenvalue weighted by atomic mass is 10.3. The highest BCUT2D eigenvalue weighted by atomic mass is 35.5. The van der Waals surface area contributed by atoms with Crippen molar-refractivity contribution >= 4 is 63.8 Å². The second-order valence-electron chi connectivity index (χ2n) is 5.62. The standard InChI is InChI=1S/C16H10Cl3F3N4OS/c1-7(14(27)23-13-10(18)4-9(17)5-11(13)19)28-15-25-24-12-3-2-8(6-26(12)15)16(20,21)22/h2-7H,1H3,(H,23,27). The summed E-state index contributed by atoms with van der Waals surface area (Å²) >= 11 is 18.9. The minimum Gasteiger partial charge on any atom is -0.323 e. The molecule has 5 nitrogen and oxygen atoms in total. The number of rotatable bonds is 4. The van der Waals surface area contributed by atoms with E-state index >= 15 is 0 Å². The maximum absolute atomic E-state index is 12.9. The summed E-state index contributed by atoms with van der Waals surface area (Å²) in [5.74, 6) is -0.472. The molecule has 1 atom stereocenters. The number of benzene rings is 1. The average Bonchev–Trinajstić information content (AvgIpc) is 2.99. The van der Waals surface area contributed by atoms with Crippen LogP contribution in [0.15, 0.2) is 35.6 Å². The minimum atomic E-state index is -4.51. The summed E-state index contributed by atoms with van der Waals surface area (Å²) in [6.07, 6.45) is -3.62. The van der Waals surface area contributed by atoms with E-state index in [0.29, 0.717) is 5.02 Å². The Hall–Kier alpha value is -1.68. The van der Waals surface area contributed by atoms with E-state index in [1.807, 2.05) is 0 Å². The average molecular weight is 470 g/mol. The van der Waals surface area contributed by atoms with Crippen molar-refractivity contribution in [3.05, 3.63) is 51.1 Å². The van der Waals surface area contributed by atoms with Crippen LogP contribution in [0.25, 0.3) is 5.65 Å². The number of fused-ring (bicyclic) bond motifs is 1. The molecular weight excluding hydrogens is 460 g/mol. The maximum Gasteiger partial charge on any atom is 0.417 e. The first-order chi connectivity index (χ1) is 13.1. The van der Waals surface area contributed by atoms with E-state index in [9.17, 15) is 18.0 Å². The third kappa shape index (κ3) is 4.48. The van der Waals surface area contributed by atoms with Gasteiger partial charge in [0.2, 0.25) is 5.91 Å². The van der Waals surface area contributed by atoms with Gasteiger partial charge in [-0.05, 0) is 31.2 Å². The zero-order chi connectivity index (χ0) is 20.6. The molecule has 3 aromatic rings. The Bertz CT molecular complexity index is 1030. The van der Waals surface area contributed by atoms with E-state index in [1.54, 1.807) is 6.92 Å². The number of carbonyl (C=O) groups excluding carboxylic acids is 1. The smallest absolute Gasteiger partial charge is 0.323 e. The Balaban J connectivity index is 1.81. The molecule has 0 spiro atoms. The Labute approximate surface area is 176 Å². The van der Waals surface area contributed by atoms with Crippen LogP contribution in [0.2, 0.25) is 15.1 Å². The topological polar surface area (TPSA) is 59.3 Å². The molecule has 1 N–H and O–H groups in total. The van der Waals surface area contributed by atoms with Gasteiger partial charge in [0.05, 0.1) is 26.5 Å². The molecular formula is C16H10Cl3F3N4OS. The summed E-state index contributed by atoms with van der Waals surface area (Å²) in [6, 6.07) is 4.97. The number of alkyl halides is 3. The number of halogens is 6. The molecule has 2 heterocycles. The van der Waals surface area contributed by atoms with Crippen LogP contribution in [0, 0.1) is 0 Å². The molecule has 0 saturated heterocycles. The summed E-state index contributed by atoms with van der Waals surface area (Å²) < 4.78 is 40.0. The van der Waals surface area contributed by atoms with Gasteiger partial charge in [0, 0.05) is 11.2 Å². The zero-order valence-electron chi connectivity index (χ0n) is 13.9. The van der Waals surface area contributed by atoms with E-state index in [4.69, 9.17) is 34.8 Å². The van der Waals surface area contributed by atoms with Crippen molar-refractivity contribution in [2.75, 3.05) is 5.32 Å². The van der Waals surface area contributed by atoms with Crippen molar-refractivity contribution in [1.29, 1.82) is 0 Å². The van der Waals surface area contributed by atoms with Crippen LogP contribution in [-0.2, 0) is 11.0 Å². The fourth-order valence-electron chi connectivity index (χ4n) is 2.22. The molecule has 1 unspecified atom stereocenters. The van der Waals surface area contributed by atoms with Crippen molar-refractivity contribution in [2.24, 2.45) is 0 Å². The summed E-state index contributed by atoms with van der Waals surface area (Å²) in [4.78, 5) is 12.5. The number of nitrogens with one attached hydrogen (secondary N) is 1. The highest BCUT2D eigenvalue weighted by Crippen LogP contribution is 2.35. The van der Waals surface area contributed by atoms with Crippen molar-refractivity contribution in [3.8, 4) is 0 Å². The Morgan fingerprint density at radius 1 is 1.18 bits per heavy atom. The van der Waals surface area contributed by atoms with Gasteiger partial charge in [-0.2, -0.15) is 13.2 Å². The van der Waals surface area contributed by atoms with Gasteiger partial charge in [-0.1, -0.05) is 46.6 Å². The molecule has 28 heavy (non-hydrogen) atoms. The second kappa shape index (κ2) is 7.98. The Morgan fingerprint density at radius 3 is 2.43 bits per heavy atom. The molecule has 0 aliphatic rings. The summed E-state index contributed by atoms with van der Waals surface area (Å²) in [6.45, 7) is 1.56. The summed E-state index contributed by atoms with van der Waals surface area (Å²) in [5.41, 5.74) is -0.430. The largest absolute Gasteiger partial charge is 0.417 e. The Kier molecular flexibility index (Phi) is 6.00. The van der Waals surface area contributed by atoms with Crippen molar-refractivity contribution in [1.82, 2.24) is 14.6 Å². The maximum atomic E-state index is 12.9. The summed E-state index contributed by atoms with van der Waals surface area (Å²) in [5, 5.41) is 10.3. The number of carbonyl (C=O) groups is 1. The lowest BCUT2D eigenvalue weighted by Gasteiger charge is -2.14. The van der Waals surface area contributed by atoms with Crippen LogP contribution in [0.1, 0.15) is 12.5 Å². The highest BCUT2D eigenvalue weighted by Gasteiger charge is 2.31. The fraction of sp³-hybridized carbons (Fsp3) is 0.188. The zero-order valence-corrected chi connectivity index (χ0v) is 17.0. The predicted octanol–water partition coefficient (Wildman–Crippen LogP) is 5.83. The monoisotopic (exact) mass is 468 g/mol. The number of thioether (sulfide) groups is 1. The molecule has 0 aliphatic heterocycles. The molecule has 12 heteroatoms. The highest BCUT2D eigenvalue weighted by molar-refractivity contribution is 8.00. The van der Waals surface area contributed by atoms with Gasteiger partial charge in [0.25, 0.3) is 0 Å². The van der Waals surface area contributed by atoms with Gasteiger partial charge in [0.15, 0.2) is 10.8 Å². The molecule has 0 aliphatic carbocycles. The first-order valence-corrected chi connectivity index (χ1v) is 9.61. The molecule has 2 aromatic heterocycles. The Morgan fingerprint density at radius 2 is 1.82 bits per heavy atom. The lowest BCUT2D eigenvalue weighted by molar-refractivity contribution is -0.137. The molecule has 0 bridgehead atoms. The SMILES string of the molecule is CC(Sc1nnc2ccc(C(F)(F)F)cn12)C(=O)Nc1c(Cl)cc(Cl)cc1Cl. The van der Waals surface area contributed by atoms with Gasteiger partial charge in [-0.25, -0.2) is 0 Å². The first kappa shape index (κ1) is 21.0. The van der Waals surface area contributed by atoms with Crippen LogP contribution >= 0.6 is 46.6 Å². The van der Waals surface area contributed by atoms with Gasteiger partial charge in [-0.3, -0.25) is 9.20 Å². The molecule has 0 saturated carbocycles. The molecule has 1 aromatic carbocycles. The minimum absolute atomic E-state index is 0.136. The lowest BCUT2D eigenvalue weighted by Crippen LogP contribution is -2.23. The van der Waals surface area contributed by atoms with E-state index in [2.05, 4.69) is 15.5 Å². The number of hydrogen-bond acceptors (Lipinski definition) is 4. The number of pyridine rings is 1. The van der Waals surface area contributed by atoms with Crippen molar-refractivity contribution in [3.63, 3.8) is 0 Å². The van der Waals surface area contributed by atoms with Crippen molar-refractivity contribution < 1.29 is 18.0 Å². The van der Waals surface area contributed by atoms with Crippen LogP contribution < -0.4 is 5.32 Å². The normalized spacial score (nSPS) is 13.0. The van der Waals surface area contributed by atoms with E-state index in [0.717, 1.165) is 24.0 Å². The molecule has 0 radical (unpaired) electrons. The predicted molar refractivity (Wildman–Crippen MR) is 103 cm³/mol. The van der Waals surface area contributed by atoms with E-state index < -0.39 is 22.9 Å². The molecule has 0 fully saturated rings. The van der Waals surface area contributed by atoms with Crippen molar-refractivity contribution in [2.45, 2.75) is 23.5 Å². The van der Waals surface area contributed by atoms with Gasteiger partial charge in [0.1, 0.15) is 0 Å². The van der Waals surface area contributed by atoms with Gasteiger partial charge < -0.3 is 5.32 Å². The number of hydrogen-bond donors (Lipinski definition) is 1. The third-order valence-electron chi connectivity index (χ3n) is 3.60. The number of aromatic nitrogens is 3. The van der Waals surface area contributed by atoms with Gasteiger partial charge >= 0.3 is 6.18 Å². The number of nitrogens with zero attached hydrogens (tertiary/aromatic N) is 3. The third-order valence-corrected chi connectivity index (χ3v) is 5.48. The number of anilines is 1. The fourth-order valence-corrected chi connectivity index (χ4v) is 3.96. The van der Waals surface area contributed by atoms with Crippen LogP contribution in [0.3, 0.4) is 0 Å². The first-order valence-electron chi connectivity index (χ1n) is 7.60. The van der Waals surface area contributed by atoms with Crippen LogP contribution in [0.4, 0.5) is 18.9 Å². The number of amides is 1.